The van der Waals surface area contributed by atoms with E-state index in [1.807, 2.05) is 11.3 Å². The first-order valence-electron chi connectivity index (χ1n) is 7.56. The van der Waals surface area contributed by atoms with Gasteiger partial charge >= 0.3 is 0 Å². The Balaban J connectivity index is 0.00000147. The highest BCUT2D eigenvalue weighted by molar-refractivity contribution is 7.11. The molecule has 2 heterocycles. The summed E-state index contributed by atoms with van der Waals surface area (Å²) in [6.07, 6.45) is 3.76. The van der Waals surface area contributed by atoms with Gasteiger partial charge < -0.3 is 5.32 Å². The van der Waals surface area contributed by atoms with E-state index in [4.69, 9.17) is 4.98 Å². The van der Waals surface area contributed by atoms with E-state index in [-0.39, 0.29) is 12.4 Å². The van der Waals surface area contributed by atoms with Crippen molar-refractivity contribution < 1.29 is 0 Å². The van der Waals surface area contributed by atoms with Crippen molar-refractivity contribution >= 4 is 23.7 Å². The van der Waals surface area contributed by atoms with Gasteiger partial charge in [-0.1, -0.05) is 6.92 Å². The molecule has 1 N–H and O–H groups in total. The van der Waals surface area contributed by atoms with E-state index in [0.717, 1.165) is 25.6 Å². The molecule has 0 radical (unpaired) electrons. The molecule has 5 heteroatoms. The van der Waals surface area contributed by atoms with Crippen LogP contribution in [0.3, 0.4) is 0 Å². The number of aromatic nitrogens is 1. The van der Waals surface area contributed by atoms with Crippen LogP contribution in [-0.4, -0.2) is 35.1 Å². The van der Waals surface area contributed by atoms with Gasteiger partial charge in [0.2, 0.25) is 0 Å². The number of nitrogens with zero attached hydrogens (tertiary/aromatic N) is 2. The van der Waals surface area contributed by atoms with Gasteiger partial charge in [-0.05, 0) is 39.0 Å². The number of nitrogens with one attached hydrogen (secondary N) is 1. The third-order valence-electron chi connectivity index (χ3n) is 4.46. The maximum Gasteiger partial charge on any atom is 0.107 e. The van der Waals surface area contributed by atoms with Crippen LogP contribution in [0, 0.1) is 5.92 Å². The van der Waals surface area contributed by atoms with Crippen molar-refractivity contribution in [3.05, 3.63) is 15.6 Å². The van der Waals surface area contributed by atoms with Crippen LogP contribution in [0.4, 0.5) is 0 Å². The Morgan fingerprint density at radius 2 is 2.15 bits per heavy atom. The molecule has 0 saturated carbocycles. The zero-order chi connectivity index (χ0) is 13.4. The lowest BCUT2D eigenvalue weighted by molar-refractivity contribution is 0.138. The molecule has 1 aliphatic heterocycles. The molecule has 1 aromatic rings. The number of hydrogen-bond donors (Lipinski definition) is 1. The van der Waals surface area contributed by atoms with E-state index in [1.54, 1.807) is 4.88 Å². The maximum absolute atomic E-state index is 4.90. The molecule has 0 aromatic carbocycles. The first kappa shape index (κ1) is 16.2. The van der Waals surface area contributed by atoms with E-state index in [9.17, 15) is 0 Å². The van der Waals surface area contributed by atoms with Crippen molar-refractivity contribution in [2.75, 3.05) is 13.1 Å². The Hall–Kier alpha value is -0.160. The minimum absolute atomic E-state index is 0. The average molecular weight is 316 g/mol. The van der Waals surface area contributed by atoms with Crippen molar-refractivity contribution in [1.29, 1.82) is 0 Å². The van der Waals surface area contributed by atoms with Crippen molar-refractivity contribution in [1.82, 2.24) is 15.2 Å². The highest BCUT2D eigenvalue weighted by Crippen LogP contribution is 2.30. The van der Waals surface area contributed by atoms with Crippen LogP contribution < -0.4 is 5.32 Å². The first-order valence-corrected chi connectivity index (χ1v) is 8.38. The largest absolute Gasteiger partial charge is 0.311 e. The second-order valence-electron chi connectivity index (χ2n) is 6.41. The van der Waals surface area contributed by atoms with Crippen molar-refractivity contribution in [2.24, 2.45) is 5.92 Å². The molecule has 1 aromatic heterocycles. The van der Waals surface area contributed by atoms with Crippen LogP contribution >= 0.6 is 23.7 Å². The number of hydrogen-bond acceptors (Lipinski definition) is 4. The second-order valence-corrected chi connectivity index (χ2v) is 7.58. The van der Waals surface area contributed by atoms with E-state index in [2.05, 4.69) is 31.0 Å². The maximum atomic E-state index is 4.90. The van der Waals surface area contributed by atoms with Gasteiger partial charge in [0, 0.05) is 30.1 Å². The molecule has 1 saturated heterocycles. The first-order chi connectivity index (χ1) is 9.11. The molecule has 0 spiro atoms. The molecule has 0 bridgehead atoms. The van der Waals surface area contributed by atoms with Gasteiger partial charge in [0.05, 0.1) is 12.2 Å². The van der Waals surface area contributed by atoms with Gasteiger partial charge in [0.15, 0.2) is 0 Å². The fraction of sp³-hybridized carbons (Fsp3) is 0.800. The third kappa shape index (κ3) is 3.53. The molecule has 20 heavy (non-hydrogen) atoms. The Kier molecular flexibility index (Phi) is 5.46. The average Bonchev–Trinajstić information content (AvgIpc) is 2.75. The molecule has 0 amide bonds. The Morgan fingerprint density at radius 1 is 1.35 bits per heavy atom. The van der Waals surface area contributed by atoms with Crippen molar-refractivity contribution in [3.63, 3.8) is 0 Å². The van der Waals surface area contributed by atoms with Crippen LogP contribution in [0.2, 0.25) is 0 Å². The van der Waals surface area contributed by atoms with E-state index >= 15 is 0 Å². The molecule has 3 unspecified atom stereocenters. The Bertz CT molecular complexity index is 448. The number of halogens is 1. The lowest BCUT2D eigenvalue weighted by atomic mass is 9.93. The van der Waals surface area contributed by atoms with Gasteiger partial charge in [-0.2, -0.15) is 0 Å². The zero-order valence-corrected chi connectivity index (χ0v) is 14.3. The zero-order valence-electron chi connectivity index (χ0n) is 12.7. The summed E-state index contributed by atoms with van der Waals surface area (Å²) >= 11 is 1.96. The van der Waals surface area contributed by atoms with Gasteiger partial charge in [-0.25, -0.2) is 4.98 Å². The molecule has 114 valence electrons. The predicted molar refractivity (Wildman–Crippen MR) is 87.9 cm³/mol. The number of fused-ring (bicyclic) bond motifs is 1. The van der Waals surface area contributed by atoms with Gasteiger partial charge in [-0.15, -0.1) is 23.7 Å². The standard InChI is InChI=1S/C15H25N3S.ClH/c1-10-4-5-13-14(6-10)19-15(17-13)9-18-8-11(2)16-7-12(18)3;/h10-12,16H,4-9H2,1-3H3;1H. The lowest BCUT2D eigenvalue weighted by Gasteiger charge is -2.36. The molecule has 2 aliphatic rings. The molecular formula is C15H26ClN3S. The number of thiazole rings is 1. The van der Waals surface area contributed by atoms with E-state index < -0.39 is 0 Å². The molecule has 3 nitrogen and oxygen atoms in total. The molecule has 3 rings (SSSR count). The van der Waals surface area contributed by atoms with Crippen LogP contribution in [0.25, 0.3) is 0 Å². The second kappa shape index (κ2) is 6.73. The predicted octanol–water partition coefficient (Wildman–Crippen LogP) is 2.87. The number of piperazine rings is 1. The minimum atomic E-state index is 0. The lowest BCUT2D eigenvalue weighted by Crippen LogP contribution is -2.53. The Labute approximate surface area is 132 Å². The van der Waals surface area contributed by atoms with Gasteiger partial charge in [0.25, 0.3) is 0 Å². The summed E-state index contributed by atoms with van der Waals surface area (Å²) in [5.41, 5.74) is 1.40. The summed E-state index contributed by atoms with van der Waals surface area (Å²) in [7, 11) is 0. The third-order valence-corrected chi connectivity index (χ3v) is 5.57. The monoisotopic (exact) mass is 315 g/mol. The van der Waals surface area contributed by atoms with E-state index in [1.165, 1.54) is 30.0 Å². The molecule has 1 fully saturated rings. The fourth-order valence-corrected chi connectivity index (χ4v) is 4.46. The quantitative estimate of drug-likeness (QED) is 0.909. The topological polar surface area (TPSA) is 28.2 Å². The van der Waals surface area contributed by atoms with Crippen LogP contribution in [0.15, 0.2) is 0 Å². The van der Waals surface area contributed by atoms with Crippen molar-refractivity contribution in [3.8, 4) is 0 Å². The van der Waals surface area contributed by atoms with E-state index in [0.29, 0.717) is 12.1 Å². The van der Waals surface area contributed by atoms with Crippen LogP contribution in [0.5, 0.6) is 0 Å². The fourth-order valence-electron chi connectivity index (χ4n) is 3.15. The normalized spacial score (nSPS) is 30.6. The summed E-state index contributed by atoms with van der Waals surface area (Å²) in [5, 5.41) is 4.88. The molecule has 1 aliphatic carbocycles. The van der Waals surface area contributed by atoms with Crippen LogP contribution in [0.1, 0.15) is 42.8 Å². The number of aryl methyl sites for hydroxylation is 1. The Morgan fingerprint density at radius 3 is 2.95 bits per heavy atom. The highest BCUT2D eigenvalue weighted by Gasteiger charge is 2.25. The molecular weight excluding hydrogens is 290 g/mol. The summed E-state index contributed by atoms with van der Waals surface area (Å²) in [6.45, 7) is 10.2. The summed E-state index contributed by atoms with van der Waals surface area (Å²) < 4.78 is 0. The van der Waals surface area contributed by atoms with Gasteiger partial charge in [-0.3, -0.25) is 4.90 Å². The SMILES string of the molecule is CC1CCc2nc(CN3CC(C)NCC3C)sc2C1.Cl. The summed E-state index contributed by atoms with van der Waals surface area (Å²) in [5.74, 6) is 0.846. The summed E-state index contributed by atoms with van der Waals surface area (Å²) in [4.78, 5) is 9.03. The molecule has 3 atom stereocenters. The van der Waals surface area contributed by atoms with Crippen molar-refractivity contribution in [2.45, 2.75) is 58.7 Å². The summed E-state index contributed by atoms with van der Waals surface area (Å²) in [6, 6.07) is 1.22. The van der Waals surface area contributed by atoms with Crippen LogP contribution in [-0.2, 0) is 19.4 Å². The number of rotatable bonds is 2. The minimum Gasteiger partial charge on any atom is -0.311 e. The smallest absolute Gasteiger partial charge is 0.107 e. The van der Waals surface area contributed by atoms with Gasteiger partial charge in [0.1, 0.15) is 5.01 Å². The highest BCUT2D eigenvalue weighted by atomic mass is 35.5.